The summed E-state index contributed by atoms with van der Waals surface area (Å²) in [6.07, 6.45) is 0.0461. The Morgan fingerprint density at radius 1 is 1.50 bits per heavy atom. The van der Waals surface area contributed by atoms with Crippen LogP contribution in [0.1, 0.15) is 22.8 Å². The van der Waals surface area contributed by atoms with Crippen LogP contribution in [0, 0.1) is 0 Å². The molecule has 6 heteroatoms. The molecule has 0 bridgehead atoms. The van der Waals surface area contributed by atoms with Crippen molar-refractivity contribution in [3.63, 3.8) is 0 Å². The minimum absolute atomic E-state index is 0.0461. The first-order valence-electron chi connectivity index (χ1n) is 6.53. The summed E-state index contributed by atoms with van der Waals surface area (Å²) in [6.45, 7) is 3.93. The molecule has 1 aromatic carbocycles. The highest BCUT2D eigenvalue weighted by atomic mass is 16.5. The van der Waals surface area contributed by atoms with Gasteiger partial charge in [-0.15, -0.1) is 0 Å². The van der Waals surface area contributed by atoms with Gasteiger partial charge in [-0.2, -0.15) is 0 Å². The molecule has 6 nitrogen and oxygen atoms in total. The molecule has 1 aliphatic heterocycles. The number of carbonyl (C=O) groups excluding carboxylic acids is 1. The van der Waals surface area contributed by atoms with Crippen LogP contribution >= 0.6 is 0 Å². The second-order valence-corrected chi connectivity index (χ2v) is 4.79. The lowest BCUT2D eigenvalue weighted by atomic mass is 10.1. The normalized spacial score (nSPS) is 18.6. The highest BCUT2D eigenvalue weighted by molar-refractivity contribution is 5.87. The van der Waals surface area contributed by atoms with Gasteiger partial charge in [-0.3, -0.25) is 0 Å². The van der Waals surface area contributed by atoms with Crippen LogP contribution in [-0.2, 0) is 11.3 Å². The number of hydrogen-bond acceptors (Lipinski definition) is 3. The number of morpholine rings is 1. The van der Waals surface area contributed by atoms with E-state index in [-0.39, 0.29) is 17.7 Å². The number of ether oxygens (including phenoxy) is 1. The maximum absolute atomic E-state index is 12.0. The highest BCUT2D eigenvalue weighted by Gasteiger charge is 2.20. The smallest absolute Gasteiger partial charge is 0.335 e. The molecule has 0 saturated carbocycles. The number of benzene rings is 1. The molecule has 1 heterocycles. The average molecular weight is 278 g/mol. The molecule has 1 unspecified atom stereocenters. The molecule has 1 atom stereocenters. The Morgan fingerprint density at radius 2 is 2.30 bits per heavy atom. The summed E-state index contributed by atoms with van der Waals surface area (Å²) in [7, 11) is 0. The second kappa shape index (κ2) is 6.38. The number of rotatable bonds is 3. The van der Waals surface area contributed by atoms with Gasteiger partial charge in [0.15, 0.2) is 0 Å². The summed E-state index contributed by atoms with van der Waals surface area (Å²) in [5.74, 6) is -0.972. The predicted molar refractivity (Wildman–Crippen MR) is 72.6 cm³/mol. The molecule has 1 fully saturated rings. The Bertz CT molecular complexity index is 504. The van der Waals surface area contributed by atoms with E-state index in [1.54, 1.807) is 23.1 Å². The Balaban J connectivity index is 1.89. The molecular weight excluding hydrogens is 260 g/mol. The molecule has 2 N–H and O–H groups in total. The number of nitrogens with zero attached hydrogens (tertiary/aromatic N) is 1. The summed E-state index contributed by atoms with van der Waals surface area (Å²) in [4.78, 5) is 24.5. The molecule has 1 aliphatic rings. The zero-order chi connectivity index (χ0) is 14.5. The summed E-state index contributed by atoms with van der Waals surface area (Å²) < 4.78 is 5.38. The Morgan fingerprint density at radius 3 is 3.00 bits per heavy atom. The Hall–Kier alpha value is -2.08. The average Bonchev–Trinajstić information content (AvgIpc) is 2.45. The maximum atomic E-state index is 12.0. The summed E-state index contributed by atoms with van der Waals surface area (Å²) in [5, 5.41) is 11.7. The SMILES string of the molecule is CC1CN(C(=O)NCc2cccc(C(=O)O)c2)CCO1. The van der Waals surface area contributed by atoms with Crippen molar-refractivity contribution in [2.75, 3.05) is 19.7 Å². The van der Waals surface area contributed by atoms with E-state index < -0.39 is 5.97 Å². The molecule has 2 amide bonds. The largest absolute Gasteiger partial charge is 0.478 e. The van der Waals surface area contributed by atoms with E-state index in [9.17, 15) is 9.59 Å². The number of amides is 2. The fourth-order valence-corrected chi connectivity index (χ4v) is 2.11. The molecule has 1 aromatic rings. The summed E-state index contributed by atoms with van der Waals surface area (Å²) in [5.41, 5.74) is 0.983. The van der Waals surface area contributed by atoms with E-state index in [1.807, 2.05) is 6.92 Å². The Labute approximate surface area is 117 Å². The quantitative estimate of drug-likeness (QED) is 0.874. The molecule has 0 aromatic heterocycles. The third-order valence-corrected chi connectivity index (χ3v) is 3.15. The number of aromatic carboxylic acids is 1. The van der Waals surface area contributed by atoms with Crippen molar-refractivity contribution in [1.82, 2.24) is 10.2 Å². The van der Waals surface area contributed by atoms with Gasteiger partial charge >= 0.3 is 12.0 Å². The van der Waals surface area contributed by atoms with Crippen LogP contribution in [-0.4, -0.2) is 47.8 Å². The Kier molecular flexibility index (Phi) is 4.57. The van der Waals surface area contributed by atoms with E-state index in [4.69, 9.17) is 9.84 Å². The lowest BCUT2D eigenvalue weighted by Gasteiger charge is -2.31. The first-order chi connectivity index (χ1) is 9.56. The van der Waals surface area contributed by atoms with Crippen LogP contribution in [0.3, 0.4) is 0 Å². The van der Waals surface area contributed by atoms with Gasteiger partial charge in [0.25, 0.3) is 0 Å². The van der Waals surface area contributed by atoms with Crippen molar-refractivity contribution in [3.8, 4) is 0 Å². The van der Waals surface area contributed by atoms with Gasteiger partial charge < -0.3 is 20.1 Å². The van der Waals surface area contributed by atoms with Crippen LogP contribution in [0.4, 0.5) is 4.79 Å². The van der Waals surface area contributed by atoms with Crippen LogP contribution in [0.25, 0.3) is 0 Å². The monoisotopic (exact) mass is 278 g/mol. The van der Waals surface area contributed by atoms with Crippen molar-refractivity contribution < 1.29 is 19.4 Å². The topological polar surface area (TPSA) is 78.9 Å². The molecule has 2 rings (SSSR count). The minimum Gasteiger partial charge on any atom is -0.478 e. The second-order valence-electron chi connectivity index (χ2n) is 4.79. The van der Waals surface area contributed by atoms with E-state index in [2.05, 4.69) is 5.32 Å². The third-order valence-electron chi connectivity index (χ3n) is 3.15. The van der Waals surface area contributed by atoms with Crippen molar-refractivity contribution in [3.05, 3.63) is 35.4 Å². The maximum Gasteiger partial charge on any atom is 0.335 e. The number of urea groups is 1. The van der Waals surface area contributed by atoms with Crippen LogP contribution in [0.2, 0.25) is 0 Å². The fourth-order valence-electron chi connectivity index (χ4n) is 2.11. The first kappa shape index (κ1) is 14.3. The minimum atomic E-state index is -0.972. The lowest BCUT2D eigenvalue weighted by Crippen LogP contribution is -2.48. The van der Waals surface area contributed by atoms with Crippen molar-refractivity contribution in [2.24, 2.45) is 0 Å². The van der Waals surface area contributed by atoms with Gasteiger partial charge in [-0.1, -0.05) is 12.1 Å². The lowest BCUT2D eigenvalue weighted by molar-refractivity contribution is -0.00351. The molecule has 20 heavy (non-hydrogen) atoms. The van der Waals surface area contributed by atoms with Gasteiger partial charge in [0.05, 0.1) is 18.3 Å². The molecule has 0 radical (unpaired) electrons. The zero-order valence-corrected chi connectivity index (χ0v) is 11.3. The molecular formula is C14H18N2O4. The van der Waals surface area contributed by atoms with E-state index in [0.29, 0.717) is 26.2 Å². The van der Waals surface area contributed by atoms with Crippen molar-refractivity contribution in [1.29, 1.82) is 0 Å². The van der Waals surface area contributed by atoms with Crippen LogP contribution in [0.15, 0.2) is 24.3 Å². The van der Waals surface area contributed by atoms with Gasteiger partial charge in [-0.25, -0.2) is 9.59 Å². The molecule has 1 saturated heterocycles. The number of carboxylic acids is 1. The van der Waals surface area contributed by atoms with E-state index in [1.165, 1.54) is 6.07 Å². The van der Waals surface area contributed by atoms with Gasteiger partial charge in [0.1, 0.15) is 0 Å². The number of carboxylic acid groups (broad SMARTS) is 1. The van der Waals surface area contributed by atoms with Crippen molar-refractivity contribution >= 4 is 12.0 Å². The summed E-state index contributed by atoms with van der Waals surface area (Å²) >= 11 is 0. The van der Waals surface area contributed by atoms with Gasteiger partial charge in [-0.05, 0) is 24.6 Å². The molecule has 0 aliphatic carbocycles. The fraction of sp³-hybridized carbons (Fsp3) is 0.429. The van der Waals surface area contributed by atoms with Gasteiger partial charge in [0, 0.05) is 19.6 Å². The number of carbonyl (C=O) groups is 2. The van der Waals surface area contributed by atoms with E-state index >= 15 is 0 Å². The molecule has 108 valence electrons. The molecule has 0 spiro atoms. The van der Waals surface area contributed by atoms with Crippen molar-refractivity contribution in [2.45, 2.75) is 19.6 Å². The first-order valence-corrected chi connectivity index (χ1v) is 6.53. The third kappa shape index (κ3) is 3.71. The van der Waals surface area contributed by atoms with Gasteiger partial charge in [0.2, 0.25) is 0 Å². The highest BCUT2D eigenvalue weighted by Crippen LogP contribution is 2.07. The standard InChI is InChI=1S/C14H18N2O4/c1-10-9-16(5-6-20-10)14(19)15-8-11-3-2-4-12(7-11)13(17)18/h2-4,7,10H,5-6,8-9H2,1H3,(H,15,19)(H,17,18). The number of hydrogen-bond donors (Lipinski definition) is 2. The summed E-state index contributed by atoms with van der Waals surface area (Å²) in [6, 6.07) is 6.39. The van der Waals surface area contributed by atoms with E-state index in [0.717, 1.165) is 5.56 Å². The zero-order valence-electron chi connectivity index (χ0n) is 11.3. The van der Waals surface area contributed by atoms with Crippen LogP contribution < -0.4 is 5.32 Å². The van der Waals surface area contributed by atoms with Crippen LogP contribution in [0.5, 0.6) is 0 Å². The number of nitrogens with one attached hydrogen (secondary N) is 1. The predicted octanol–water partition coefficient (Wildman–Crippen LogP) is 1.32.